The van der Waals surface area contributed by atoms with E-state index in [9.17, 15) is 24.0 Å². The van der Waals surface area contributed by atoms with E-state index in [1.165, 1.54) is 62.2 Å². The number of allylic oxidation sites excluding steroid dienone is 1. The zero-order valence-electron chi connectivity index (χ0n) is 36.6. The molecule has 13 nitrogen and oxygen atoms in total. The van der Waals surface area contributed by atoms with Gasteiger partial charge < -0.3 is 29.6 Å². The molecule has 4 heterocycles. The first kappa shape index (κ1) is 42.2. The first-order chi connectivity index (χ1) is 30.5. The number of aromatic nitrogens is 2. The smallest absolute Gasteiger partial charge is 0.407 e. The number of carbonyl (C=O) groups excluding carboxylic acids is 4. The molecule has 0 unspecified atom stereocenters. The molecule has 4 aromatic rings. The molecule has 3 aliphatic heterocycles. The van der Waals surface area contributed by atoms with Gasteiger partial charge in [-0.1, -0.05) is 62.2 Å². The largest absolute Gasteiger partial charge is 0.469 e. The molecule has 1 spiro atoms. The summed E-state index contributed by atoms with van der Waals surface area (Å²) in [7, 11) is 2.61. The Bertz CT molecular complexity index is 2610. The number of hydrogen-bond donors (Lipinski definition) is 2. The highest BCUT2D eigenvalue weighted by Crippen LogP contribution is 2.53. The van der Waals surface area contributed by atoms with Gasteiger partial charge in [0.25, 0.3) is 5.56 Å². The lowest BCUT2D eigenvalue weighted by Crippen LogP contribution is -2.47. The molecule has 328 valence electrons. The highest BCUT2D eigenvalue weighted by Gasteiger charge is 2.42. The van der Waals surface area contributed by atoms with Crippen molar-refractivity contribution in [1.29, 1.82) is 0 Å². The zero-order valence-corrected chi connectivity index (χ0v) is 36.6. The van der Waals surface area contributed by atoms with E-state index < -0.39 is 24.1 Å². The molecule has 63 heavy (non-hydrogen) atoms. The van der Waals surface area contributed by atoms with E-state index in [4.69, 9.17) is 14.7 Å². The third-order valence-electron chi connectivity index (χ3n) is 14.3. The summed E-state index contributed by atoms with van der Waals surface area (Å²) >= 11 is 0. The molecular weight excluding hydrogens is 797 g/mol. The Morgan fingerprint density at radius 1 is 0.810 bits per heavy atom. The van der Waals surface area contributed by atoms with Crippen LogP contribution in [0.4, 0.5) is 4.79 Å². The molecule has 1 aromatic heterocycles. The van der Waals surface area contributed by atoms with E-state index in [1.54, 1.807) is 18.7 Å². The number of nitrogens with one attached hydrogen (secondary N) is 2. The Hall–Kier alpha value is -6.11. The quantitative estimate of drug-likeness (QED) is 0.153. The third kappa shape index (κ3) is 8.06. The van der Waals surface area contributed by atoms with E-state index in [0.717, 1.165) is 60.1 Å². The first-order valence-electron chi connectivity index (χ1n) is 22.5. The number of fused-ring (bicyclic) bond motifs is 2. The molecule has 5 aliphatic rings. The van der Waals surface area contributed by atoms with Gasteiger partial charge >= 0.3 is 12.1 Å². The number of aliphatic imine (C=N–C) groups is 1. The van der Waals surface area contributed by atoms with Crippen molar-refractivity contribution >= 4 is 46.1 Å². The van der Waals surface area contributed by atoms with E-state index in [2.05, 4.69) is 57.5 Å². The number of benzene rings is 3. The molecule has 0 radical (unpaired) electrons. The predicted octanol–water partition coefficient (Wildman–Crippen LogP) is 7.70. The summed E-state index contributed by atoms with van der Waals surface area (Å²) in [5.41, 5.74) is 11.1. The minimum atomic E-state index is -0.784. The summed E-state index contributed by atoms with van der Waals surface area (Å²) in [6.07, 6.45) is 12.2. The topological polar surface area (TPSA) is 163 Å². The fraction of sp³-hybridized carbons (Fsp3) is 0.460. The Kier molecular flexibility index (Phi) is 11.5. The summed E-state index contributed by atoms with van der Waals surface area (Å²) in [6, 6.07) is 18.0. The van der Waals surface area contributed by atoms with Crippen LogP contribution in [-0.4, -0.2) is 88.7 Å². The number of nitrogens with zero attached hydrogens (tertiary/aromatic N) is 4. The molecule has 0 bridgehead atoms. The minimum Gasteiger partial charge on any atom is -0.469 e. The summed E-state index contributed by atoms with van der Waals surface area (Å²) < 4.78 is 9.49. The van der Waals surface area contributed by atoms with E-state index >= 15 is 0 Å². The number of alkyl carbamates (subject to hydrolysis) is 1. The normalized spacial score (nSPS) is 21.0. The number of hydrogen-bond acceptors (Lipinski definition) is 9. The fourth-order valence-corrected chi connectivity index (χ4v) is 11.0. The van der Waals surface area contributed by atoms with Gasteiger partial charge in [0, 0.05) is 37.3 Å². The number of amides is 3. The number of H-pyrrole nitrogens is 1. The first-order valence-corrected chi connectivity index (χ1v) is 22.5. The molecule has 3 fully saturated rings. The van der Waals surface area contributed by atoms with E-state index in [0.29, 0.717) is 42.7 Å². The highest BCUT2D eigenvalue weighted by atomic mass is 16.5. The van der Waals surface area contributed by atoms with Crippen molar-refractivity contribution in [2.75, 3.05) is 27.3 Å². The molecule has 1 saturated carbocycles. The van der Waals surface area contributed by atoms with Crippen molar-refractivity contribution in [1.82, 2.24) is 25.1 Å². The van der Waals surface area contributed by atoms with Gasteiger partial charge in [-0.2, -0.15) is 0 Å². The Morgan fingerprint density at radius 3 is 2.13 bits per heavy atom. The monoisotopic (exact) mass is 852 g/mol. The molecule has 3 aromatic carbocycles. The molecule has 9 rings (SSSR count). The highest BCUT2D eigenvalue weighted by molar-refractivity contribution is 6.03. The number of carbonyl (C=O) groups is 4. The SMILES string of the molecule is COC(=O)C[C@@H](C)C(=O)N1CCC[C@H]1C1=NC=C(c2ccc(-c3ccc(-c4ccc5nc([C@@H]6CCCN6C(=O)[C@H](C)NC(=O)OC)[nH]c(=O)c5c4)c4c3CC3(CCCC3)C4)cc2)C1. The Balaban J connectivity index is 0.947. The van der Waals surface area contributed by atoms with Gasteiger partial charge in [-0.05, 0) is 120 Å². The van der Waals surface area contributed by atoms with Crippen molar-refractivity contribution in [3.05, 3.63) is 93.7 Å². The standard InChI is InChI=1S/C50H56N6O7/c1-29(23-44(57)62-3)47(59)55-21-7-9-42(55)41-25-34(28-51-41)31-11-13-32(14-12-31)35-16-17-36(39-27-50(26-38(35)39)19-5-6-20-50)33-15-18-40-37(24-33)46(58)54-45(53-40)43-10-8-22-56(43)48(60)30(2)52-49(61)63-4/h11-18,24,28-30,42-43H,5-10,19-23,25-27H2,1-4H3,(H,52,61)(H,53,54,58)/t29-,30+,42+,43+/m1/s1. The number of methoxy groups -OCH3 is 2. The maximum atomic E-state index is 13.8. The lowest BCUT2D eigenvalue weighted by molar-refractivity contribution is -0.146. The van der Waals surface area contributed by atoms with Crippen LogP contribution in [-0.2, 0) is 36.7 Å². The predicted molar refractivity (Wildman–Crippen MR) is 241 cm³/mol. The van der Waals surface area contributed by atoms with Gasteiger partial charge in [-0.15, -0.1) is 0 Å². The maximum absolute atomic E-state index is 13.8. The fourth-order valence-electron chi connectivity index (χ4n) is 11.0. The van der Waals surface area contributed by atoms with Crippen LogP contribution in [0.15, 0.2) is 70.6 Å². The average Bonchev–Trinajstić information content (AvgIpc) is 4.16. The van der Waals surface area contributed by atoms with Gasteiger partial charge in [-0.25, -0.2) is 9.78 Å². The van der Waals surface area contributed by atoms with Crippen molar-refractivity contribution in [2.24, 2.45) is 16.3 Å². The number of ether oxygens (including phenoxy) is 2. The summed E-state index contributed by atoms with van der Waals surface area (Å²) in [5, 5.41) is 3.05. The van der Waals surface area contributed by atoms with Gasteiger partial charge in [0.15, 0.2) is 0 Å². The summed E-state index contributed by atoms with van der Waals surface area (Å²) in [5.74, 6) is -0.640. The van der Waals surface area contributed by atoms with E-state index in [1.807, 2.05) is 23.2 Å². The number of esters is 1. The maximum Gasteiger partial charge on any atom is 0.407 e. The molecule has 2 saturated heterocycles. The molecule has 2 aliphatic carbocycles. The van der Waals surface area contributed by atoms with Crippen LogP contribution in [0, 0.1) is 11.3 Å². The van der Waals surface area contributed by atoms with Crippen LogP contribution < -0.4 is 10.9 Å². The molecule has 2 N–H and O–H groups in total. The molecule has 13 heteroatoms. The number of rotatable bonds is 10. The average molecular weight is 853 g/mol. The van der Waals surface area contributed by atoms with Crippen molar-refractivity contribution in [3.63, 3.8) is 0 Å². The van der Waals surface area contributed by atoms with Crippen LogP contribution in [0.3, 0.4) is 0 Å². The third-order valence-corrected chi connectivity index (χ3v) is 14.3. The van der Waals surface area contributed by atoms with Crippen LogP contribution in [0.5, 0.6) is 0 Å². The lowest BCUT2D eigenvalue weighted by Gasteiger charge is -2.27. The van der Waals surface area contributed by atoms with Crippen LogP contribution >= 0.6 is 0 Å². The van der Waals surface area contributed by atoms with Gasteiger partial charge in [0.05, 0.1) is 43.6 Å². The van der Waals surface area contributed by atoms with Crippen molar-refractivity contribution in [2.45, 2.75) is 109 Å². The second-order valence-corrected chi connectivity index (χ2v) is 18.3. The molecule has 3 amide bonds. The van der Waals surface area contributed by atoms with Crippen LogP contribution in [0.25, 0.3) is 38.7 Å². The number of aromatic amines is 1. The summed E-state index contributed by atoms with van der Waals surface area (Å²) in [6.45, 7) is 4.59. The van der Waals surface area contributed by atoms with Crippen LogP contribution in [0.1, 0.15) is 107 Å². The molecular formula is C50H56N6O7. The van der Waals surface area contributed by atoms with Crippen LogP contribution in [0.2, 0.25) is 0 Å². The van der Waals surface area contributed by atoms with Gasteiger partial charge in [-0.3, -0.25) is 24.2 Å². The second-order valence-electron chi connectivity index (χ2n) is 18.3. The van der Waals surface area contributed by atoms with Crippen molar-refractivity contribution in [3.8, 4) is 22.3 Å². The lowest BCUT2D eigenvalue weighted by atomic mass is 9.82. The van der Waals surface area contributed by atoms with E-state index in [-0.39, 0.29) is 41.2 Å². The zero-order chi connectivity index (χ0) is 44.0. The summed E-state index contributed by atoms with van der Waals surface area (Å²) in [4.78, 5) is 80.5. The Labute approximate surface area is 367 Å². The Morgan fingerprint density at radius 2 is 1.44 bits per heavy atom. The van der Waals surface area contributed by atoms with Crippen molar-refractivity contribution < 1.29 is 28.7 Å². The van der Waals surface area contributed by atoms with Gasteiger partial charge in [0.1, 0.15) is 11.9 Å². The van der Waals surface area contributed by atoms with Gasteiger partial charge in [0.2, 0.25) is 11.8 Å². The minimum absolute atomic E-state index is 0.0211. The second kappa shape index (κ2) is 17.2. The number of likely N-dealkylation sites (tertiary alicyclic amines) is 2. The molecule has 4 atom stereocenters.